The minimum atomic E-state index is -0.490. The zero-order chi connectivity index (χ0) is 11.7. The van der Waals surface area contributed by atoms with Crippen LogP contribution in [0.5, 0.6) is 0 Å². The minimum Gasteiger partial charge on any atom is -0.461 e. The molecule has 0 unspecified atom stereocenters. The van der Waals surface area contributed by atoms with Crippen molar-refractivity contribution in [1.82, 2.24) is 4.98 Å². The van der Waals surface area contributed by atoms with E-state index in [1.54, 1.807) is 6.92 Å². The van der Waals surface area contributed by atoms with E-state index in [-0.39, 0.29) is 11.5 Å². The molecule has 0 N–H and O–H groups in total. The average Bonchev–Trinajstić information content (AvgIpc) is 2.97. The van der Waals surface area contributed by atoms with Crippen LogP contribution in [0.15, 0.2) is 0 Å². The Bertz CT molecular complexity index is 434. The van der Waals surface area contributed by atoms with Gasteiger partial charge >= 0.3 is 5.97 Å². The zero-order valence-corrected chi connectivity index (χ0v) is 10.1. The Morgan fingerprint density at radius 3 is 2.69 bits per heavy atom. The standard InChI is InChI=1S/C11H13NO3S/c1-3-15-11(14)8-9(6(2)13)16-10(12-8)7-4-5-7/h7H,3-5H2,1-2H3. The van der Waals surface area contributed by atoms with Crippen molar-refractivity contribution < 1.29 is 14.3 Å². The molecule has 86 valence electrons. The first kappa shape index (κ1) is 11.3. The van der Waals surface area contributed by atoms with Crippen LogP contribution in [-0.2, 0) is 4.74 Å². The molecule has 0 aliphatic heterocycles. The second-order valence-corrected chi connectivity index (χ2v) is 4.81. The number of carbonyl (C=O) groups excluding carboxylic acids is 2. The molecule has 1 aliphatic rings. The minimum absolute atomic E-state index is 0.118. The van der Waals surface area contributed by atoms with Crippen molar-refractivity contribution in [1.29, 1.82) is 0 Å². The number of nitrogens with zero attached hydrogens (tertiary/aromatic N) is 1. The number of hydrogen-bond acceptors (Lipinski definition) is 5. The van der Waals surface area contributed by atoms with E-state index in [4.69, 9.17) is 4.74 Å². The maximum absolute atomic E-state index is 11.6. The Hall–Kier alpha value is -1.23. The first-order valence-corrected chi connectivity index (χ1v) is 6.14. The van der Waals surface area contributed by atoms with Crippen LogP contribution >= 0.6 is 11.3 Å². The lowest BCUT2D eigenvalue weighted by Gasteiger charge is -1.98. The van der Waals surface area contributed by atoms with Crippen molar-refractivity contribution in [3.05, 3.63) is 15.6 Å². The van der Waals surface area contributed by atoms with Gasteiger partial charge in [-0.2, -0.15) is 0 Å². The van der Waals surface area contributed by atoms with Gasteiger partial charge in [-0.05, 0) is 19.8 Å². The van der Waals surface area contributed by atoms with Gasteiger partial charge in [0.05, 0.1) is 11.6 Å². The summed E-state index contributed by atoms with van der Waals surface area (Å²) in [5, 5.41) is 0.897. The van der Waals surface area contributed by atoms with Crippen molar-refractivity contribution in [3.8, 4) is 0 Å². The summed E-state index contributed by atoms with van der Waals surface area (Å²) in [5.74, 6) is -0.158. The van der Waals surface area contributed by atoms with Gasteiger partial charge in [0.15, 0.2) is 11.5 Å². The molecule has 1 fully saturated rings. The largest absolute Gasteiger partial charge is 0.461 e. The van der Waals surface area contributed by atoms with Gasteiger partial charge in [0.2, 0.25) is 0 Å². The van der Waals surface area contributed by atoms with Gasteiger partial charge in [-0.15, -0.1) is 11.3 Å². The first-order valence-electron chi connectivity index (χ1n) is 5.32. The number of thiazole rings is 1. The molecule has 0 bridgehead atoms. The van der Waals surface area contributed by atoms with Crippen molar-refractivity contribution in [3.63, 3.8) is 0 Å². The highest BCUT2D eigenvalue weighted by Gasteiger charge is 2.31. The molecule has 1 heterocycles. The van der Waals surface area contributed by atoms with E-state index in [1.807, 2.05) is 0 Å². The topological polar surface area (TPSA) is 56.3 Å². The highest BCUT2D eigenvalue weighted by Crippen LogP contribution is 2.42. The summed E-state index contributed by atoms with van der Waals surface area (Å²) in [7, 11) is 0. The molecule has 1 aliphatic carbocycles. The molecule has 1 saturated carbocycles. The van der Waals surface area contributed by atoms with Crippen LogP contribution in [0.4, 0.5) is 0 Å². The Kier molecular flexibility index (Phi) is 3.05. The van der Waals surface area contributed by atoms with Crippen LogP contribution in [0.1, 0.15) is 57.8 Å². The molecule has 0 atom stereocenters. The van der Waals surface area contributed by atoms with E-state index in [2.05, 4.69) is 4.98 Å². The van der Waals surface area contributed by atoms with Crippen molar-refractivity contribution in [2.75, 3.05) is 6.61 Å². The van der Waals surface area contributed by atoms with E-state index < -0.39 is 5.97 Å². The normalized spacial score (nSPS) is 14.9. The highest BCUT2D eigenvalue weighted by molar-refractivity contribution is 7.14. The maximum atomic E-state index is 11.6. The third-order valence-corrected chi connectivity index (χ3v) is 3.68. The molecule has 0 spiro atoms. The summed E-state index contributed by atoms with van der Waals surface area (Å²) in [6, 6.07) is 0. The number of ketones is 1. The summed E-state index contributed by atoms with van der Waals surface area (Å²) in [6.07, 6.45) is 2.21. The third kappa shape index (κ3) is 2.14. The second-order valence-electron chi connectivity index (χ2n) is 3.78. The fraction of sp³-hybridized carbons (Fsp3) is 0.545. The number of carbonyl (C=O) groups is 2. The molecule has 0 radical (unpaired) electrons. The molecule has 0 saturated heterocycles. The predicted molar refractivity (Wildman–Crippen MR) is 60.1 cm³/mol. The van der Waals surface area contributed by atoms with E-state index in [0.29, 0.717) is 17.4 Å². The van der Waals surface area contributed by atoms with Crippen LogP contribution in [0.2, 0.25) is 0 Å². The number of aromatic nitrogens is 1. The zero-order valence-electron chi connectivity index (χ0n) is 9.28. The van der Waals surface area contributed by atoms with E-state index in [0.717, 1.165) is 17.8 Å². The van der Waals surface area contributed by atoms with Crippen LogP contribution in [-0.4, -0.2) is 23.3 Å². The Morgan fingerprint density at radius 2 is 2.19 bits per heavy atom. The molecule has 5 heteroatoms. The van der Waals surface area contributed by atoms with E-state index in [1.165, 1.54) is 18.3 Å². The van der Waals surface area contributed by atoms with Crippen molar-refractivity contribution in [2.24, 2.45) is 0 Å². The molecule has 1 aromatic heterocycles. The molecule has 1 aromatic rings. The lowest BCUT2D eigenvalue weighted by Crippen LogP contribution is -2.09. The number of rotatable bonds is 4. The smallest absolute Gasteiger partial charge is 0.358 e. The van der Waals surface area contributed by atoms with Crippen molar-refractivity contribution in [2.45, 2.75) is 32.6 Å². The lowest BCUT2D eigenvalue weighted by atomic mass is 10.3. The van der Waals surface area contributed by atoms with Crippen LogP contribution < -0.4 is 0 Å². The fourth-order valence-corrected chi connectivity index (χ4v) is 2.54. The number of esters is 1. The van der Waals surface area contributed by atoms with Gasteiger partial charge in [0, 0.05) is 12.8 Å². The molecular weight excluding hydrogens is 226 g/mol. The first-order chi connectivity index (χ1) is 7.63. The maximum Gasteiger partial charge on any atom is 0.358 e. The number of hydrogen-bond donors (Lipinski definition) is 0. The van der Waals surface area contributed by atoms with Crippen LogP contribution in [0, 0.1) is 0 Å². The van der Waals surface area contributed by atoms with Gasteiger partial charge in [0.25, 0.3) is 0 Å². The number of ether oxygens (including phenoxy) is 1. The van der Waals surface area contributed by atoms with E-state index >= 15 is 0 Å². The Balaban J connectivity index is 2.33. The Labute approximate surface area is 97.6 Å². The van der Waals surface area contributed by atoms with Crippen LogP contribution in [0.25, 0.3) is 0 Å². The molecule has 0 aromatic carbocycles. The summed E-state index contributed by atoms with van der Waals surface area (Å²) >= 11 is 1.33. The second kappa shape index (κ2) is 4.33. The Morgan fingerprint density at radius 1 is 1.50 bits per heavy atom. The quantitative estimate of drug-likeness (QED) is 0.598. The fourth-order valence-electron chi connectivity index (χ4n) is 1.42. The molecule has 16 heavy (non-hydrogen) atoms. The van der Waals surface area contributed by atoms with Gasteiger partial charge in [-0.1, -0.05) is 0 Å². The summed E-state index contributed by atoms with van der Waals surface area (Å²) in [4.78, 5) is 27.7. The predicted octanol–water partition coefficient (Wildman–Crippen LogP) is 2.40. The molecule has 4 nitrogen and oxygen atoms in total. The van der Waals surface area contributed by atoms with Gasteiger partial charge in [-0.3, -0.25) is 4.79 Å². The molecule has 0 amide bonds. The molecular formula is C11H13NO3S. The SMILES string of the molecule is CCOC(=O)c1nc(C2CC2)sc1C(C)=O. The lowest BCUT2D eigenvalue weighted by molar-refractivity contribution is 0.0517. The average molecular weight is 239 g/mol. The highest BCUT2D eigenvalue weighted by atomic mass is 32.1. The van der Waals surface area contributed by atoms with Crippen LogP contribution in [0.3, 0.4) is 0 Å². The summed E-state index contributed by atoms with van der Waals surface area (Å²) in [6.45, 7) is 3.49. The summed E-state index contributed by atoms with van der Waals surface area (Å²) < 4.78 is 4.89. The van der Waals surface area contributed by atoms with Gasteiger partial charge in [-0.25, -0.2) is 9.78 Å². The van der Waals surface area contributed by atoms with Gasteiger partial charge in [0.1, 0.15) is 4.88 Å². The van der Waals surface area contributed by atoms with Gasteiger partial charge < -0.3 is 4.74 Å². The third-order valence-electron chi connectivity index (χ3n) is 2.36. The van der Waals surface area contributed by atoms with E-state index in [9.17, 15) is 9.59 Å². The number of Topliss-reactive ketones (excluding diaryl/α,β-unsaturated/α-hetero) is 1. The monoisotopic (exact) mass is 239 g/mol. The summed E-state index contributed by atoms with van der Waals surface area (Å²) in [5.41, 5.74) is 0.196. The van der Waals surface area contributed by atoms with Crippen molar-refractivity contribution >= 4 is 23.1 Å². The molecule has 2 rings (SSSR count).